The molecule has 0 aliphatic carbocycles. The minimum absolute atomic E-state index is 0.194. The first-order chi connectivity index (χ1) is 11.4. The highest BCUT2D eigenvalue weighted by molar-refractivity contribution is 7.73. The molecule has 0 amide bonds. The lowest BCUT2D eigenvalue weighted by atomic mass is 10.1. The van der Waals surface area contributed by atoms with Crippen molar-refractivity contribution in [1.82, 2.24) is 0 Å². The van der Waals surface area contributed by atoms with E-state index in [4.69, 9.17) is 0 Å². The van der Waals surface area contributed by atoms with E-state index in [0.717, 1.165) is 0 Å². The molecule has 0 atom stereocenters. The van der Waals surface area contributed by atoms with Gasteiger partial charge in [-0.2, -0.15) is 0 Å². The van der Waals surface area contributed by atoms with E-state index < -0.39 is 0 Å². The minimum Gasteiger partial charge on any atom is -0.103 e. The quantitative estimate of drug-likeness (QED) is 0.269. The van der Waals surface area contributed by atoms with Gasteiger partial charge in [-0.15, -0.1) is 6.58 Å². The van der Waals surface area contributed by atoms with Crippen LogP contribution in [0.5, 0.6) is 0 Å². The first-order valence-corrected chi connectivity index (χ1v) is 10.4. The zero-order valence-corrected chi connectivity index (χ0v) is 15.1. The van der Waals surface area contributed by atoms with Crippen LogP contribution in [0, 0.1) is 0 Å². The molecule has 0 aliphatic rings. The van der Waals surface area contributed by atoms with Crippen LogP contribution in [0.1, 0.15) is 44.9 Å². The van der Waals surface area contributed by atoms with Gasteiger partial charge in [0.05, 0.1) is 0 Å². The maximum atomic E-state index is 3.79. The lowest BCUT2D eigenvalue weighted by Crippen LogP contribution is -2.13. The van der Waals surface area contributed by atoms with E-state index in [1.54, 1.807) is 0 Å². The van der Waals surface area contributed by atoms with E-state index in [2.05, 4.69) is 67.2 Å². The maximum absolute atomic E-state index is 3.79. The summed E-state index contributed by atoms with van der Waals surface area (Å²) >= 11 is 0. The standard InChI is InChI=1S/C22H29P/c1-2-3-4-5-6-7-8-15-20-23(21-16-11-9-12-17-21)22-18-13-10-14-19-22/h2,9-14,16-19H,1,3-8,15,20H2. The van der Waals surface area contributed by atoms with Crippen LogP contribution >= 0.6 is 7.92 Å². The first kappa shape index (κ1) is 18.0. The van der Waals surface area contributed by atoms with Crippen molar-refractivity contribution in [3.8, 4) is 0 Å². The molecular weight excluding hydrogens is 295 g/mol. The van der Waals surface area contributed by atoms with Crippen molar-refractivity contribution in [3.63, 3.8) is 0 Å². The van der Waals surface area contributed by atoms with Crippen LogP contribution in [0.15, 0.2) is 73.3 Å². The number of hydrogen-bond acceptors (Lipinski definition) is 0. The van der Waals surface area contributed by atoms with E-state index >= 15 is 0 Å². The van der Waals surface area contributed by atoms with Crippen molar-refractivity contribution in [2.24, 2.45) is 0 Å². The Labute approximate surface area is 143 Å². The molecule has 0 fully saturated rings. The Hall–Kier alpha value is -1.39. The predicted octanol–water partition coefficient (Wildman–Crippen LogP) is 6.04. The molecule has 0 aromatic heterocycles. The third-order valence-corrected chi connectivity index (χ3v) is 6.78. The number of unbranched alkanes of at least 4 members (excludes halogenated alkanes) is 6. The Kier molecular flexibility index (Phi) is 8.74. The Morgan fingerprint density at radius 3 is 1.65 bits per heavy atom. The third kappa shape index (κ3) is 6.71. The lowest BCUT2D eigenvalue weighted by molar-refractivity contribution is 0.613. The average molecular weight is 324 g/mol. The van der Waals surface area contributed by atoms with E-state index in [9.17, 15) is 0 Å². The van der Waals surface area contributed by atoms with Crippen LogP contribution in [0.3, 0.4) is 0 Å². The SMILES string of the molecule is C=CCCCCCCCCP(c1ccccc1)c1ccccc1. The Bertz CT molecular complexity index is 493. The molecule has 0 spiro atoms. The third-order valence-electron chi connectivity index (χ3n) is 4.18. The minimum atomic E-state index is -0.194. The number of allylic oxidation sites excluding steroid dienone is 1. The molecule has 0 radical (unpaired) electrons. The molecule has 0 N–H and O–H groups in total. The second-order valence-corrected chi connectivity index (χ2v) is 8.36. The molecular formula is C22H29P. The highest BCUT2D eigenvalue weighted by Gasteiger charge is 2.12. The van der Waals surface area contributed by atoms with Crippen molar-refractivity contribution in [3.05, 3.63) is 73.3 Å². The molecule has 0 heterocycles. The zero-order valence-electron chi connectivity index (χ0n) is 14.2. The Morgan fingerprint density at radius 1 is 0.652 bits per heavy atom. The molecule has 2 aromatic rings. The molecule has 0 saturated carbocycles. The van der Waals surface area contributed by atoms with Crippen LogP contribution in [-0.4, -0.2) is 6.16 Å². The molecule has 2 rings (SSSR count). The Balaban J connectivity index is 1.81. The van der Waals surface area contributed by atoms with Gasteiger partial charge in [-0.3, -0.25) is 0 Å². The fourth-order valence-corrected chi connectivity index (χ4v) is 5.31. The summed E-state index contributed by atoms with van der Waals surface area (Å²) in [5.74, 6) is 0. The largest absolute Gasteiger partial charge is 0.103 e. The van der Waals surface area contributed by atoms with Crippen molar-refractivity contribution in [2.45, 2.75) is 44.9 Å². The highest BCUT2D eigenvalue weighted by atomic mass is 31.1. The summed E-state index contributed by atoms with van der Waals surface area (Å²) in [5.41, 5.74) is 0. The van der Waals surface area contributed by atoms with Crippen molar-refractivity contribution in [1.29, 1.82) is 0 Å². The van der Waals surface area contributed by atoms with Gasteiger partial charge in [-0.1, -0.05) is 92.4 Å². The van der Waals surface area contributed by atoms with E-state index in [1.807, 2.05) is 6.08 Å². The zero-order chi connectivity index (χ0) is 16.2. The summed E-state index contributed by atoms with van der Waals surface area (Å²) in [5, 5.41) is 3.03. The summed E-state index contributed by atoms with van der Waals surface area (Å²) in [6, 6.07) is 22.1. The van der Waals surface area contributed by atoms with Gasteiger partial charge in [0.15, 0.2) is 0 Å². The fraction of sp³-hybridized carbons (Fsp3) is 0.364. The van der Waals surface area contributed by atoms with Gasteiger partial charge in [0, 0.05) is 0 Å². The van der Waals surface area contributed by atoms with Gasteiger partial charge < -0.3 is 0 Å². The smallest absolute Gasteiger partial charge is 0.0195 e. The van der Waals surface area contributed by atoms with Crippen molar-refractivity contribution in [2.75, 3.05) is 6.16 Å². The van der Waals surface area contributed by atoms with Gasteiger partial charge in [0.25, 0.3) is 0 Å². The second kappa shape index (κ2) is 11.2. The maximum Gasteiger partial charge on any atom is -0.0195 e. The van der Waals surface area contributed by atoms with E-state index in [0.29, 0.717) is 0 Å². The van der Waals surface area contributed by atoms with Gasteiger partial charge in [0.1, 0.15) is 0 Å². The van der Waals surface area contributed by atoms with Crippen LogP contribution < -0.4 is 10.6 Å². The van der Waals surface area contributed by atoms with Crippen LogP contribution in [0.4, 0.5) is 0 Å². The summed E-state index contributed by atoms with van der Waals surface area (Å²) in [6.07, 6.45) is 12.7. The molecule has 2 aromatic carbocycles. The van der Waals surface area contributed by atoms with Crippen LogP contribution in [0.2, 0.25) is 0 Å². The van der Waals surface area contributed by atoms with Gasteiger partial charge in [-0.25, -0.2) is 0 Å². The lowest BCUT2D eigenvalue weighted by Gasteiger charge is -2.18. The summed E-state index contributed by atoms with van der Waals surface area (Å²) < 4.78 is 0. The molecule has 0 bridgehead atoms. The van der Waals surface area contributed by atoms with Crippen molar-refractivity contribution >= 4 is 18.5 Å². The van der Waals surface area contributed by atoms with Crippen molar-refractivity contribution < 1.29 is 0 Å². The molecule has 0 aliphatic heterocycles. The van der Waals surface area contributed by atoms with Gasteiger partial charge >= 0.3 is 0 Å². The molecule has 23 heavy (non-hydrogen) atoms. The topological polar surface area (TPSA) is 0 Å². The van der Waals surface area contributed by atoms with Crippen LogP contribution in [0.25, 0.3) is 0 Å². The number of benzene rings is 2. The van der Waals surface area contributed by atoms with Gasteiger partial charge in [0.2, 0.25) is 0 Å². The number of rotatable bonds is 11. The highest BCUT2D eigenvalue weighted by Crippen LogP contribution is 2.34. The first-order valence-electron chi connectivity index (χ1n) is 8.90. The van der Waals surface area contributed by atoms with E-state index in [1.165, 1.54) is 61.7 Å². The summed E-state index contributed by atoms with van der Waals surface area (Å²) in [7, 11) is -0.194. The fourth-order valence-electron chi connectivity index (χ4n) is 2.89. The van der Waals surface area contributed by atoms with Gasteiger partial charge in [-0.05, 0) is 44.0 Å². The Morgan fingerprint density at radius 2 is 1.13 bits per heavy atom. The van der Waals surface area contributed by atoms with Crippen LogP contribution in [-0.2, 0) is 0 Å². The monoisotopic (exact) mass is 324 g/mol. The molecule has 1 heteroatoms. The molecule has 0 saturated heterocycles. The normalized spacial score (nSPS) is 10.8. The summed E-state index contributed by atoms with van der Waals surface area (Å²) in [4.78, 5) is 0. The number of hydrogen-bond donors (Lipinski definition) is 0. The predicted molar refractivity (Wildman–Crippen MR) is 106 cm³/mol. The molecule has 0 nitrogen and oxygen atoms in total. The average Bonchev–Trinajstić information content (AvgIpc) is 2.62. The molecule has 0 unspecified atom stereocenters. The molecule has 122 valence electrons. The second-order valence-electron chi connectivity index (χ2n) is 6.02. The van der Waals surface area contributed by atoms with E-state index in [-0.39, 0.29) is 7.92 Å². The summed E-state index contributed by atoms with van der Waals surface area (Å²) in [6.45, 7) is 3.79.